The molecule has 0 spiro atoms. The fourth-order valence-electron chi connectivity index (χ4n) is 1.38. The maximum absolute atomic E-state index is 13.1. The highest BCUT2D eigenvalue weighted by Crippen LogP contribution is 2.20. The van der Waals surface area contributed by atoms with E-state index in [-0.39, 0.29) is 11.3 Å². The molecule has 0 bridgehead atoms. The van der Waals surface area contributed by atoms with Crippen molar-refractivity contribution in [3.8, 4) is 0 Å². The molecule has 1 aromatic carbocycles. The van der Waals surface area contributed by atoms with E-state index in [0.717, 1.165) is 6.07 Å². The first-order valence-corrected chi connectivity index (χ1v) is 5.84. The van der Waals surface area contributed by atoms with Gasteiger partial charge in [-0.2, -0.15) is 0 Å². The number of amides is 1. The van der Waals surface area contributed by atoms with E-state index in [1.165, 1.54) is 18.3 Å². The van der Waals surface area contributed by atoms with Crippen LogP contribution in [-0.4, -0.2) is 10.9 Å². The molecule has 4 nitrogen and oxygen atoms in total. The summed E-state index contributed by atoms with van der Waals surface area (Å²) in [5, 5.41) is 2.55. The smallest absolute Gasteiger partial charge is 0.259 e. The molecule has 6 heteroatoms. The van der Waals surface area contributed by atoms with Crippen molar-refractivity contribution in [2.45, 2.75) is 0 Å². The first-order chi connectivity index (χ1) is 8.58. The van der Waals surface area contributed by atoms with Crippen molar-refractivity contribution in [2.75, 3.05) is 11.1 Å². The largest absolute Gasteiger partial charge is 0.398 e. The van der Waals surface area contributed by atoms with Gasteiger partial charge in [-0.25, -0.2) is 9.37 Å². The van der Waals surface area contributed by atoms with Gasteiger partial charge < -0.3 is 11.1 Å². The monoisotopic (exact) mass is 309 g/mol. The number of aromatic nitrogens is 1. The van der Waals surface area contributed by atoms with Gasteiger partial charge in [0.05, 0.1) is 10.0 Å². The summed E-state index contributed by atoms with van der Waals surface area (Å²) in [6.45, 7) is 0. The van der Waals surface area contributed by atoms with E-state index < -0.39 is 11.7 Å². The van der Waals surface area contributed by atoms with Crippen LogP contribution in [0.5, 0.6) is 0 Å². The zero-order valence-corrected chi connectivity index (χ0v) is 10.7. The number of hydrogen-bond donors (Lipinski definition) is 2. The van der Waals surface area contributed by atoms with Crippen LogP contribution < -0.4 is 11.1 Å². The van der Waals surface area contributed by atoms with E-state index >= 15 is 0 Å². The topological polar surface area (TPSA) is 68.0 Å². The number of anilines is 2. The molecule has 18 heavy (non-hydrogen) atoms. The summed E-state index contributed by atoms with van der Waals surface area (Å²) in [4.78, 5) is 15.9. The average molecular weight is 310 g/mol. The lowest BCUT2D eigenvalue weighted by atomic mass is 10.1. The number of nitrogen functional groups attached to an aromatic ring is 1. The van der Waals surface area contributed by atoms with Crippen molar-refractivity contribution in [2.24, 2.45) is 0 Å². The third-order valence-electron chi connectivity index (χ3n) is 2.25. The van der Waals surface area contributed by atoms with Crippen LogP contribution in [-0.2, 0) is 0 Å². The maximum atomic E-state index is 13.1. The van der Waals surface area contributed by atoms with Crippen LogP contribution in [0.2, 0.25) is 0 Å². The molecule has 0 saturated carbocycles. The lowest BCUT2D eigenvalue weighted by Gasteiger charge is -2.08. The van der Waals surface area contributed by atoms with E-state index in [0.29, 0.717) is 10.3 Å². The number of pyridine rings is 1. The summed E-state index contributed by atoms with van der Waals surface area (Å²) >= 11 is 3.25. The fraction of sp³-hybridized carbons (Fsp3) is 0. The Bertz CT molecular complexity index is 604. The SMILES string of the molecule is Nc1ccc(F)cc1C(=O)Nc1ncccc1Br. The predicted octanol–water partition coefficient (Wildman–Crippen LogP) is 2.82. The number of benzene rings is 1. The van der Waals surface area contributed by atoms with E-state index in [1.54, 1.807) is 12.1 Å². The number of carbonyl (C=O) groups excluding carboxylic acids is 1. The number of rotatable bonds is 2. The molecule has 3 N–H and O–H groups in total. The molecule has 0 unspecified atom stereocenters. The highest BCUT2D eigenvalue weighted by molar-refractivity contribution is 9.10. The third kappa shape index (κ3) is 2.65. The van der Waals surface area contributed by atoms with Crippen LogP contribution in [0.15, 0.2) is 41.0 Å². The van der Waals surface area contributed by atoms with Crippen LogP contribution in [0, 0.1) is 5.82 Å². The Morgan fingerprint density at radius 1 is 1.39 bits per heavy atom. The molecule has 92 valence electrons. The summed E-state index contributed by atoms with van der Waals surface area (Å²) in [7, 11) is 0. The first kappa shape index (κ1) is 12.5. The fourth-order valence-corrected chi connectivity index (χ4v) is 1.73. The summed E-state index contributed by atoms with van der Waals surface area (Å²) in [6, 6.07) is 7.08. The van der Waals surface area contributed by atoms with Crippen LogP contribution in [0.3, 0.4) is 0 Å². The zero-order valence-electron chi connectivity index (χ0n) is 9.15. The summed E-state index contributed by atoms with van der Waals surface area (Å²) < 4.78 is 13.7. The Hall–Kier alpha value is -1.95. The van der Waals surface area contributed by atoms with Crippen molar-refractivity contribution >= 4 is 33.3 Å². The Labute approximate surface area is 111 Å². The second kappa shape index (κ2) is 5.14. The van der Waals surface area contributed by atoms with Gasteiger partial charge in [-0.15, -0.1) is 0 Å². The van der Waals surface area contributed by atoms with Gasteiger partial charge in [-0.3, -0.25) is 4.79 Å². The minimum absolute atomic E-state index is 0.0764. The zero-order chi connectivity index (χ0) is 13.1. The van der Waals surface area contributed by atoms with Gasteiger partial charge in [0.25, 0.3) is 5.91 Å². The van der Waals surface area contributed by atoms with Gasteiger partial charge in [-0.05, 0) is 46.3 Å². The van der Waals surface area contributed by atoms with Gasteiger partial charge in [0, 0.05) is 11.9 Å². The predicted molar refractivity (Wildman–Crippen MR) is 70.7 cm³/mol. The van der Waals surface area contributed by atoms with Gasteiger partial charge >= 0.3 is 0 Å². The highest BCUT2D eigenvalue weighted by atomic mass is 79.9. The van der Waals surface area contributed by atoms with E-state index in [4.69, 9.17) is 5.73 Å². The normalized spacial score (nSPS) is 10.1. The summed E-state index contributed by atoms with van der Waals surface area (Å²) in [6.07, 6.45) is 1.54. The van der Waals surface area contributed by atoms with Gasteiger partial charge in [0.15, 0.2) is 0 Å². The van der Waals surface area contributed by atoms with Crippen molar-refractivity contribution < 1.29 is 9.18 Å². The van der Waals surface area contributed by atoms with Crippen LogP contribution >= 0.6 is 15.9 Å². The van der Waals surface area contributed by atoms with E-state index in [1.807, 2.05) is 0 Å². The molecule has 1 aromatic heterocycles. The molecule has 0 aliphatic rings. The molecule has 2 rings (SSSR count). The molecule has 1 amide bonds. The molecule has 0 aliphatic heterocycles. The first-order valence-electron chi connectivity index (χ1n) is 5.05. The van der Waals surface area contributed by atoms with Gasteiger partial charge in [0.1, 0.15) is 11.6 Å². The van der Waals surface area contributed by atoms with Gasteiger partial charge in [-0.1, -0.05) is 0 Å². The Balaban J connectivity index is 2.28. The highest BCUT2D eigenvalue weighted by Gasteiger charge is 2.12. The molecule has 1 heterocycles. The van der Waals surface area contributed by atoms with Crippen molar-refractivity contribution in [1.82, 2.24) is 4.98 Å². The minimum atomic E-state index is -0.519. The Kier molecular flexibility index (Phi) is 3.57. The van der Waals surface area contributed by atoms with E-state index in [2.05, 4.69) is 26.2 Å². The standard InChI is InChI=1S/C12H9BrFN3O/c13-9-2-1-5-16-11(9)17-12(18)8-6-7(14)3-4-10(8)15/h1-6H,15H2,(H,16,17,18). The molecule has 2 aromatic rings. The molecule has 0 saturated heterocycles. The molecule has 0 atom stereocenters. The third-order valence-corrected chi connectivity index (χ3v) is 2.89. The number of nitrogens with zero attached hydrogens (tertiary/aromatic N) is 1. The van der Waals surface area contributed by atoms with Crippen molar-refractivity contribution in [1.29, 1.82) is 0 Å². The number of carbonyl (C=O) groups is 1. The molecule has 0 fully saturated rings. The van der Waals surface area contributed by atoms with Crippen molar-refractivity contribution in [3.05, 3.63) is 52.4 Å². The average Bonchev–Trinajstić information content (AvgIpc) is 2.35. The second-order valence-corrected chi connectivity index (χ2v) is 4.37. The lowest BCUT2D eigenvalue weighted by molar-refractivity contribution is 0.102. The Morgan fingerprint density at radius 3 is 2.89 bits per heavy atom. The van der Waals surface area contributed by atoms with Gasteiger partial charge in [0.2, 0.25) is 0 Å². The molecular weight excluding hydrogens is 301 g/mol. The number of halogens is 2. The molecule has 0 radical (unpaired) electrons. The Morgan fingerprint density at radius 2 is 2.17 bits per heavy atom. The second-order valence-electron chi connectivity index (χ2n) is 3.52. The number of nitrogens with two attached hydrogens (primary N) is 1. The lowest BCUT2D eigenvalue weighted by Crippen LogP contribution is -2.15. The molecular formula is C12H9BrFN3O. The quantitative estimate of drug-likeness (QED) is 0.838. The number of hydrogen-bond acceptors (Lipinski definition) is 3. The van der Waals surface area contributed by atoms with Crippen LogP contribution in [0.25, 0.3) is 0 Å². The minimum Gasteiger partial charge on any atom is -0.398 e. The van der Waals surface area contributed by atoms with Crippen LogP contribution in [0.1, 0.15) is 10.4 Å². The summed E-state index contributed by atoms with van der Waals surface area (Å²) in [5.74, 6) is -0.674. The number of nitrogens with one attached hydrogen (secondary N) is 1. The van der Waals surface area contributed by atoms with E-state index in [9.17, 15) is 9.18 Å². The maximum Gasteiger partial charge on any atom is 0.259 e. The summed E-state index contributed by atoms with van der Waals surface area (Å²) in [5.41, 5.74) is 5.91. The van der Waals surface area contributed by atoms with Crippen LogP contribution in [0.4, 0.5) is 15.9 Å². The van der Waals surface area contributed by atoms with Crippen molar-refractivity contribution in [3.63, 3.8) is 0 Å². The molecule has 0 aliphatic carbocycles.